The van der Waals surface area contributed by atoms with Crippen LogP contribution in [0.1, 0.15) is 27.7 Å². The molecule has 1 atom stereocenters. The number of nitrogens with one attached hydrogen (secondary N) is 3. The Balaban J connectivity index is 1.40. The van der Waals surface area contributed by atoms with E-state index in [-0.39, 0.29) is 22.8 Å². The number of hydrogen-bond donors (Lipinski definition) is 3. The largest absolute Gasteiger partial charge is 0.325 e. The molecule has 39 heavy (non-hydrogen) atoms. The van der Waals surface area contributed by atoms with Crippen LogP contribution in [0.3, 0.4) is 0 Å². The number of halogens is 1. The molecule has 1 heterocycles. The van der Waals surface area contributed by atoms with Gasteiger partial charge in [-0.3, -0.25) is 14.4 Å². The van der Waals surface area contributed by atoms with Gasteiger partial charge in [-0.15, -0.1) is 23.1 Å². The highest BCUT2D eigenvalue weighted by Gasteiger charge is 2.17. The van der Waals surface area contributed by atoms with E-state index in [4.69, 9.17) is 11.6 Å². The predicted octanol–water partition coefficient (Wildman–Crippen LogP) is 7.24. The molecule has 1 unspecified atom stereocenters. The van der Waals surface area contributed by atoms with Gasteiger partial charge in [0.1, 0.15) is 5.70 Å². The van der Waals surface area contributed by atoms with Crippen LogP contribution in [0.4, 0.5) is 11.4 Å². The van der Waals surface area contributed by atoms with Gasteiger partial charge < -0.3 is 16.0 Å². The molecule has 0 aliphatic rings. The van der Waals surface area contributed by atoms with Crippen molar-refractivity contribution in [3.63, 3.8) is 0 Å². The van der Waals surface area contributed by atoms with Crippen LogP contribution in [0.5, 0.6) is 0 Å². The zero-order valence-corrected chi connectivity index (χ0v) is 23.6. The molecule has 4 rings (SSSR count). The number of anilines is 2. The summed E-state index contributed by atoms with van der Waals surface area (Å²) >= 11 is 9.01. The molecule has 4 aromatic rings. The van der Waals surface area contributed by atoms with Gasteiger partial charge in [-0.25, -0.2) is 0 Å². The molecular formula is C30H26ClN3O3S2. The quantitative estimate of drug-likeness (QED) is 0.145. The summed E-state index contributed by atoms with van der Waals surface area (Å²) in [5.74, 6) is -0.960. The van der Waals surface area contributed by atoms with Crippen LogP contribution in [0.25, 0.3) is 6.08 Å². The first-order chi connectivity index (χ1) is 18.8. The normalized spacial score (nSPS) is 11.9. The molecule has 3 N–H and O–H groups in total. The molecule has 0 saturated carbocycles. The fourth-order valence-electron chi connectivity index (χ4n) is 3.51. The number of thioether (sulfide) groups is 1. The lowest BCUT2D eigenvalue weighted by atomic mass is 10.2. The molecule has 0 bridgehead atoms. The Hall–Kier alpha value is -3.85. The van der Waals surface area contributed by atoms with Crippen LogP contribution in [0.2, 0.25) is 5.02 Å². The van der Waals surface area contributed by atoms with Crippen molar-refractivity contribution >= 4 is 69.9 Å². The molecule has 198 valence electrons. The molecule has 0 fully saturated rings. The fourth-order valence-corrected chi connectivity index (χ4v) is 5.21. The number of amides is 3. The highest BCUT2D eigenvalue weighted by molar-refractivity contribution is 8.00. The number of rotatable bonds is 9. The van der Waals surface area contributed by atoms with Crippen LogP contribution >= 0.6 is 34.7 Å². The second-order valence-corrected chi connectivity index (χ2v) is 11.3. The molecule has 0 radical (unpaired) electrons. The Morgan fingerprint density at radius 2 is 1.64 bits per heavy atom. The van der Waals surface area contributed by atoms with E-state index in [1.54, 1.807) is 54.6 Å². The third-order valence-corrected chi connectivity index (χ3v) is 8.02. The third-order valence-electron chi connectivity index (χ3n) is 5.68. The first-order valence-electron chi connectivity index (χ1n) is 12.1. The fraction of sp³-hybridized carbons (Fsp3) is 0.100. The Morgan fingerprint density at radius 3 is 2.33 bits per heavy atom. The summed E-state index contributed by atoms with van der Waals surface area (Å²) in [7, 11) is 0. The summed E-state index contributed by atoms with van der Waals surface area (Å²) in [5.41, 5.74) is 2.64. The van der Waals surface area contributed by atoms with E-state index in [0.717, 1.165) is 15.3 Å². The molecule has 0 aliphatic heterocycles. The standard InChI is InChI=1S/C30H26ClN3O3S2/c1-19-25(31)11-6-12-26(19)33-28(35)20(2)39-23-15-13-22(14-16-23)32-30(37)27(18-24-10-7-17-38-24)34-29(36)21-8-4-3-5-9-21/h3-18,20H,1-2H3,(H,32,37)(H,33,35)(H,34,36)/b27-18-. The molecule has 6 nitrogen and oxygen atoms in total. The highest BCUT2D eigenvalue weighted by atomic mass is 35.5. The Labute approximate surface area is 240 Å². The minimum atomic E-state index is -0.447. The predicted molar refractivity (Wildman–Crippen MR) is 161 cm³/mol. The Kier molecular flexibility index (Phi) is 9.59. The van der Waals surface area contributed by atoms with Crippen LogP contribution < -0.4 is 16.0 Å². The molecule has 0 aliphatic carbocycles. The van der Waals surface area contributed by atoms with Gasteiger partial charge in [0.25, 0.3) is 11.8 Å². The summed E-state index contributed by atoms with van der Waals surface area (Å²) in [5, 5.41) is 10.6. The maximum atomic E-state index is 13.1. The minimum absolute atomic E-state index is 0.131. The van der Waals surface area contributed by atoms with E-state index in [2.05, 4.69) is 16.0 Å². The molecule has 1 aromatic heterocycles. The molecular weight excluding hydrogens is 550 g/mol. The van der Waals surface area contributed by atoms with E-state index in [1.807, 2.05) is 55.6 Å². The summed E-state index contributed by atoms with van der Waals surface area (Å²) in [4.78, 5) is 40.3. The summed E-state index contributed by atoms with van der Waals surface area (Å²) in [6, 6.07) is 25.0. The Morgan fingerprint density at radius 1 is 0.897 bits per heavy atom. The van der Waals surface area contributed by atoms with Crippen molar-refractivity contribution in [2.24, 2.45) is 0 Å². The van der Waals surface area contributed by atoms with Crippen LogP contribution in [0, 0.1) is 6.92 Å². The van der Waals surface area contributed by atoms with Gasteiger partial charge in [0.2, 0.25) is 5.91 Å². The van der Waals surface area contributed by atoms with E-state index in [1.165, 1.54) is 23.1 Å². The van der Waals surface area contributed by atoms with Crippen molar-refractivity contribution in [2.45, 2.75) is 24.0 Å². The van der Waals surface area contributed by atoms with Gasteiger partial charge in [-0.1, -0.05) is 41.9 Å². The molecule has 0 spiro atoms. The first-order valence-corrected chi connectivity index (χ1v) is 14.2. The maximum absolute atomic E-state index is 13.1. The minimum Gasteiger partial charge on any atom is -0.325 e. The van der Waals surface area contributed by atoms with Crippen molar-refractivity contribution in [3.8, 4) is 0 Å². The van der Waals surface area contributed by atoms with E-state index < -0.39 is 5.91 Å². The lowest BCUT2D eigenvalue weighted by Crippen LogP contribution is -2.30. The first kappa shape index (κ1) is 28.2. The second kappa shape index (κ2) is 13.3. The number of benzene rings is 3. The summed E-state index contributed by atoms with van der Waals surface area (Å²) in [6.45, 7) is 3.68. The molecule has 0 saturated heterocycles. The topological polar surface area (TPSA) is 87.3 Å². The van der Waals surface area contributed by atoms with Crippen molar-refractivity contribution < 1.29 is 14.4 Å². The van der Waals surface area contributed by atoms with Gasteiger partial charge in [0.15, 0.2) is 0 Å². The van der Waals surface area contributed by atoms with E-state index in [0.29, 0.717) is 22.0 Å². The number of hydrogen-bond acceptors (Lipinski definition) is 5. The van der Waals surface area contributed by atoms with Crippen LogP contribution in [0.15, 0.2) is 101 Å². The maximum Gasteiger partial charge on any atom is 0.272 e. The summed E-state index contributed by atoms with van der Waals surface area (Å²) in [6.07, 6.45) is 1.65. The molecule has 3 amide bonds. The summed E-state index contributed by atoms with van der Waals surface area (Å²) < 4.78 is 0. The van der Waals surface area contributed by atoms with E-state index in [9.17, 15) is 14.4 Å². The van der Waals surface area contributed by atoms with Gasteiger partial charge in [-0.05, 0) is 85.5 Å². The average Bonchev–Trinajstić information content (AvgIpc) is 3.45. The lowest BCUT2D eigenvalue weighted by molar-refractivity contribution is -0.115. The number of carbonyl (C=O) groups excluding carboxylic acids is 3. The third kappa shape index (κ3) is 7.83. The van der Waals surface area contributed by atoms with Crippen molar-refractivity contribution in [2.75, 3.05) is 10.6 Å². The zero-order valence-electron chi connectivity index (χ0n) is 21.2. The number of carbonyl (C=O) groups is 3. The van der Waals surface area contributed by atoms with Crippen LogP contribution in [-0.4, -0.2) is 23.0 Å². The molecule has 9 heteroatoms. The smallest absolute Gasteiger partial charge is 0.272 e. The SMILES string of the molecule is Cc1c(Cl)cccc1NC(=O)C(C)Sc1ccc(NC(=O)/C(=C/c2cccs2)NC(=O)c2ccccc2)cc1. The van der Waals surface area contributed by atoms with Gasteiger partial charge >= 0.3 is 0 Å². The number of thiophene rings is 1. The van der Waals surface area contributed by atoms with E-state index >= 15 is 0 Å². The average molecular weight is 576 g/mol. The van der Waals surface area contributed by atoms with Crippen LogP contribution in [-0.2, 0) is 9.59 Å². The highest BCUT2D eigenvalue weighted by Crippen LogP contribution is 2.28. The lowest BCUT2D eigenvalue weighted by Gasteiger charge is -2.15. The molecule has 3 aromatic carbocycles. The van der Waals surface area contributed by atoms with Gasteiger partial charge in [-0.2, -0.15) is 0 Å². The van der Waals surface area contributed by atoms with Crippen molar-refractivity contribution in [1.82, 2.24) is 5.32 Å². The van der Waals surface area contributed by atoms with Gasteiger partial charge in [0.05, 0.1) is 5.25 Å². The monoisotopic (exact) mass is 575 g/mol. The second-order valence-electron chi connectivity index (χ2n) is 8.53. The zero-order chi connectivity index (χ0) is 27.8. The van der Waals surface area contributed by atoms with Crippen molar-refractivity contribution in [1.29, 1.82) is 0 Å². The van der Waals surface area contributed by atoms with Crippen molar-refractivity contribution in [3.05, 3.63) is 117 Å². The Bertz CT molecular complexity index is 1490. The van der Waals surface area contributed by atoms with Gasteiger partial charge in [0, 0.05) is 31.7 Å².